The molecule has 0 unspecified atom stereocenters. The highest BCUT2D eigenvalue weighted by Crippen LogP contribution is 2.47. The topological polar surface area (TPSA) is 114 Å². The summed E-state index contributed by atoms with van der Waals surface area (Å²) < 4.78 is 48.4. The largest absolute Gasteiger partial charge is 0.490 e. The van der Waals surface area contributed by atoms with Crippen molar-refractivity contribution < 1.29 is 32.5 Å². The quantitative estimate of drug-likeness (QED) is 0.426. The number of amides is 1. The van der Waals surface area contributed by atoms with Gasteiger partial charge in [-0.05, 0) is 111 Å². The number of rotatable bonds is 3. The van der Waals surface area contributed by atoms with Gasteiger partial charge in [0, 0.05) is 42.8 Å². The van der Waals surface area contributed by atoms with E-state index in [1.807, 2.05) is 12.1 Å². The van der Waals surface area contributed by atoms with Crippen LogP contribution in [0.5, 0.6) is 5.75 Å². The summed E-state index contributed by atoms with van der Waals surface area (Å²) in [6.45, 7) is 2.43. The fourth-order valence-electron chi connectivity index (χ4n) is 8.54. The number of fused-ring (bicyclic) bond motifs is 4. The highest BCUT2D eigenvalue weighted by atomic mass is 35.5. The lowest BCUT2D eigenvalue weighted by atomic mass is 9.68. The highest BCUT2D eigenvalue weighted by Gasteiger charge is 2.45. The summed E-state index contributed by atoms with van der Waals surface area (Å²) in [6.07, 6.45) is 8.95. The van der Waals surface area contributed by atoms with Crippen LogP contribution < -0.4 is 14.4 Å². The lowest BCUT2D eigenvalue weighted by Gasteiger charge is -2.45. The summed E-state index contributed by atoms with van der Waals surface area (Å²) in [6, 6.07) is 11.3. The summed E-state index contributed by atoms with van der Waals surface area (Å²) in [5, 5.41) is 11.0. The molecule has 2 aromatic rings. The molecule has 1 spiro atoms. The molecule has 47 heavy (non-hydrogen) atoms. The number of sulfonamides is 1. The third kappa shape index (κ3) is 6.56. The molecule has 1 amide bonds. The number of nitrogens with one attached hydrogen (secondary N) is 1. The maximum Gasteiger partial charge on any atom is 0.264 e. The van der Waals surface area contributed by atoms with E-state index in [1.165, 1.54) is 18.2 Å². The number of hydrogen-bond acceptors (Lipinski definition) is 8. The average molecular weight is 685 g/mol. The molecule has 5 aliphatic rings. The van der Waals surface area contributed by atoms with Gasteiger partial charge in [0.15, 0.2) is 0 Å². The van der Waals surface area contributed by atoms with Crippen LogP contribution in [0.2, 0.25) is 5.02 Å². The zero-order chi connectivity index (χ0) is 32.8. The molecule has 9 nitrogen and oxygen atoms in total. The van der Waals surface area contributed by atoms with E-state index in [9.17, 15) is 18.3 Å². The molecule has 1 saturated heterocycles. The van der Waals surface area contributed by atoms with Crippen LogP contribution in [0.25, 0.3) is 0 Å². The number of hydrogen-bond donors (Lipinski definition) is 2. The lowest BCUT2D eigenvalue weighted by Crippen LogP contribution is -2.49. The van der Waals surface area contributed by atoms with Gasteiger partial charge in [0.05, 0.1) is 30.6 Å². The smallest absolute Gasteiger partial charge is 0.264 e. The Morgan fingerprint density at radius 1 is 1.15 bits per heavy atom. The van der Waals surface area contributed by atoms with Gasteiger partial charge in [0.25, 0.3) is 5.91 Å². The number of aryl methyl sites for hydroxylation is 1. The second-order valence-electron chi connectivity index (χ2n) is 14.1. The monoisotopic (exact) mass is 684 g/mol. The van der Waals surface area contributed by atoms with Crippen molar-refractivity contribution in [3.8, 4) is 5.75 Å². The van der Waals surface area contributed by atoms with Crippen LogP contribution in [0.4, 0.5) is 5.69 Å². The summed E-state index contributed by atoms with van der Waals surface area (Å²) in [4.78, 5) is 16.1. The van der Waals surface area contributed by atoms with Gasteiger partial charge in [-0.3, -0.25) is 4.79 Å². The van der Waals surface area contributed by atoms with Crippen molar-refractivity contribution in [2.45, 2.75) is 86.8 Å². The van der Waals surface area contributed by atoms with Gasteiger partial charge in [-0.2, -0.15) is 0 Å². The molecule has 2 fully saturated rings. The number of halogens is 1. The van der Waals surface area contributed by atoms with Crippen molar-refractivity contribution in [2.75, 3.05) is 38.3 Å². The fraction of sp³-hybridized carbons (Fsp3) is 0.583. The Morgan fingerprint density at radius 2 is 2.02 bits per heavy atom. The Bertz CT molecular complexity index is 1630. The molecule has 3 heterocycles. The second-order valence-corrected chi connectivity index (χ2v) is 16.4. The minimum Gasteiger partial charge on any atom is -0.490 e. The molecule has 2 aliphatic carbocycles. The zero-order valence-electron chi connectivity index (χ0n) is 26.9. The Balaban J connectivity index is 1.27. The predicted molar refractivity (Wildman–Crippen MR) is 181 cm³/mol. The Labute approximate surface area is 282 Å². The molecule has 2 aromatic carbocycles. The van der Waals surface area contributed by atoms with E-state index >= 15 is 0 Å². The number of carbonyl (C=O) groups is 1. The van der Waals surface area contributed by atoms with E-state index in [1.54, 1.807) is 24.3 Å². The van der Waals surface area contributed by atoms with Crippen molar-refractivity contribution in [2.24, 2.45) is 11.8 Å². The van der Waals surface area contributed by atoms with Gasteiger partial charge in [-0.1, -0.05) is 29.8 Å². The van der Waals surface area contributed by atoms with Crippen LogP contribution in [-0.4, -0.2) is 76.4 Å². The third-order valence-electron chi connectivity index (χ3n) is 11.2. The number of aliphatic hydroxyl groups excluding tert-OH is 1. The summed E-state index contributed by atoms with van der Waals surface area (Å²) in [5.41, 5.74) is 3.21. The maximum absolute atomic E-state index is 13.9. The van der Waals surface area contributed by atoms with Crippen molar-refractivity contribution >= 4 is 33.2 Å². The number of nitrogens with zero attached hydrogens (tertiary/aromatic N) is 1. The van der Waals surface area contributed by atoms with Crippen LogP contribution in [-0.2, 0) is 31.3 Å². The predicted octanol–water partition coefficient (Wildman–Crippen LogP) is 5.17. The van der Waals surface area contributed by atoms with Crippen LogP contribution in [0.15, 0.2) is 48.6 Å². The van der Waals surface area contributed by atoms with Crippen molar-refractivity contribution in [1.82, 2.24) is 4.72 Å². The molecule has 1 saturated carbocycles. The molecule has 11 heteroatoms. The number of carbonyl (C=O) groups excluding carboxylic acids is 1. The van der Waals surface area contributed by atoms with E-state index in [0.717, 1.165) is 55.7 Å². The van der Waals surface area contributed by atoms with Crippen LogP contribution in [0.3, 0.4) is 0 Å². The van der Waals surface area contributed by atoms with Crippen molar-refractivity contribution in [3.63, 3.8) is 0 Å². The Hall–Kier alpha value is -2.63. The Morgan fingerprint density at radius 3 is 2.79 bits per heavy atom. The summed E-state index contributed by atoms with van der Waals surface area (Å²) in [7, 11) is -2.69. The third-order valence-corrected chi connectivity index (χ3v) is 13.2. The van der Waals surface area contributed by atoms with Gasteiger partial charge in [0.1, 0.15) is 11.0 Å². The van der Waals surface area contributed by atoms with E-state index in [-0.39, 0.29) is 41.8 Å². The molecule has 2 N–H and O–H groups in total. The molecule has 2 bridgehead atoms. The van der Waals surface area contributed by atoms with Crippen LogP contribution in [0, 0.1) is 11.8 Å². The van der Waals surface area contributed by atoms with E-state index in [2.05, 4.69) is 21.8 Å². The van der Waals surface area contributed by atoms with Gasteiger partial charge in [0.2, 0.25) is 10.0 Å². The molecular weight excluding hydrogens is 640 g/mol. The standard InChI is InChI=1S/C36H45ClN2O7S/c1-44-33-8-2-7-31(40)28-12-9-25(28)20-39-21-36(15-3-5-23-17-26(37)11-13-29(23)36)22-46-32-14-10-24(18-30(32)39)35(41)38-47(42,43)34(33)19-27-6-4-16-45-27/h2,7,10-11,13-14,17-18,25,27-28,31,33-34,40H,3-6,8-9,12,15-16,19-22H2,1H3,(H,38,41)/b7-2+/t25-,27+,28+,31-,33+,34+,36-/m0/s1. The molecular formula is C36H45ClN2O7S. The van der Waals surface area contributed by atoms with Crippen molar-refractivity contribution in [3.05, 3.63) is 70.3 Å². The summed E-state index contributed by atoms with van der Waals surface area (Å²) >= 11 is 6.41. The number of aliphatic hydroxyl groups is 1. The van der Waals surface area contributed by atoms with E-state index in [4.69, 9.17) is 25.8 Å². The average Bonchev–Trinajstić information content (AvgIpc) is 3.50. The number of methoxy groups -OCH3 is 1. The molecule has 3 aliphatic heterocycles. The SMILES string of the molecule is CO[C@@H]1C/C=C/[C@H](O)[C@@H]2CC[C@H]2CN2C[C@@]3(CCCc4cc(Cl)ccc43)COc3ccc(cc32)C(=O)NS(=O)(=O)[C@@H]1C[C@H]1CCCO1. The normalized spacial score (nSPS) is 34.3. The lowest BCUT2D eigenvalue weighted by molar-refractivity contribution is 0.0447. The minimum atomic E-state index is -4.18. The number of anilines is 1. The zero-order valence-corrected chi connectivity index (χ0v) is 28.5. The van der Waals surface area contributed by atoms with Gasteiger partial charge >= 0.3 is 0 Å². The van der Waals surface area contributed by atoms with Crippen LogP contribution >= 0.6 is 11.6 Å². The first-order valence-electron chi connectivity index (χ1n) is 17.0. The summed E-state index contributed by atoms with van der Waals surface area (Å²) in [5.74, 6) is 0.285. The van der Waals surface area contributed by atoms with E-state index in [0.29, 0.717) is 32.1 Å². The molecule has 7 rings (SSSR count). The van der Waals surface area contributed by atoms with Gasteiger partial charge in [-0.15, -0.1) is 0 Å². The fourth-order valence-corrected chi connectivity index (χ4v) is 10.3. The first kappa shape index (κ1) is 32.9. The number of ether oxygens (including phenoxy) is 3. The minimum absolute atomic E-state index is 0.0686. The highest BCUT2D eigenvalue weighted by molar-refractivity contribution is 7.90. The Kier molecular flexibility index (Phi) is 9.34. The number of benzene rings is 2. The molecule has 0 radical (unpaired) electrons. The van der Waals surface area contributed by atoms with Gasteiger partial charge in [-0.25, -0.2) is 13.1 Å². The molecule has 0 aromatic heterocycles. The van der Waals surface area contributed by atoms with Crippen LogP contribution in [0.1, 0.15) is 72.9 Å². The molecule has 7 atom stereocenters. The van der Waals surface area contributed by atoms with Gasteiger partial charge < -0.3 is 24.2 Å². The first-order chi connectivity index (χ1) is 22.7. The molecule has 254 valence electrons. The maximum atomic E-state index is 13.9. The van der Waals surface area contributed by atoms with E-state index < -0.39 is 33.4 Å². The van der Waals surface area contributed by atoms with Crippen molar-refractivity contribution in [1.29, 1.82) is 0 Å². The first-order valence-corrected chi connectivity index (χ1v) is 18.9. The second kappa shape index (κ2) is 13.3.